The number of aromatic nitrogens is 3. The monoisotopic (exact) mass is 473 g/mol. The molecule has 0 amide bonds. The Morgan fingerprint density at radius 3 is 2.72 bits per heavy atom. The Hall–Kier alpha value is -3.42. The van der Waals surface area contributed by atoms with E-state index in [2.05, 4.69) is 14.7 Å². The average molecular weight is 474 g/mol. The SMILES string of the molecule is CCCCS(=O)(=O)Nc1cc(-c2ccc(=O)n(C)c2)nc(Oc2c(Cl)cccc2C#N)n1. The molecular weight excluding hydrogens is 454 g/mol. The summed E-state index contributed by atoms with van der Waals surface area (Å²) in [6.07, 6.45) is 2.76. The van der Waals surface area contributed by atoms with Gasteiger partial charge in [-0.15, -0.1) is 0 Å². The van der Waals surface area contributed by atoms with Crippen molar-refractivity contribution in [1.82, 2.24) is 14.5 Å². The van der Waals surface area contributed by atoms with Crippen molar-refractivity contribution in [2.75, 3.05) is 10.5 Å². The van der Waals surface area contributed by atoms with Gasteiger partial charge in [0.2, 0.25) is 15.6 Å². The van der Waals surface area contributed by atoms with E-state index in [9.17, 15) is 18.5 Å². The van der Waals surface area contributed by atoms with Crippen LogP contribution in [0, 0.1) is 11.3 Å². The Bertz CT molecular complexity index is 1350. The number of aryl methyl sites for hydroxylation is 1. The first-order valence-electron chi connectivity index (χ1n) is 9.65. The summed E-state index contributed by atoms with van der Waals surface area (Å²) in [7, 11) is -2.07. The highest BCUT2D eigenvalue weighted by Gasteiger charge is 2.17. The van der Waals surface area contributed by atoms with Crippen molar-refractivity contribution in [3.63, 3.8) is 0 Å². The molecule has 0 bridgehead atoms. The fourth-order valence-corrected chi connectivity index (χ4v) is 4.16. The minimum absolute atomic E-state index is 0.0134. The van der Waals surface area contributed by atoms with Gasteiger partial charge in [0.1, 0.15) is 11.9 Å². The zero-order valence-electron chi connectivity index (χ0n) is 17.4. The Morgan fingerprint density at radius 2 is 2.03 bits per heavy atom. The molecule has 2 heterocycles. The summed E-state index contributed by atoms with van der Waals surface area (Å²) in [6.45, 7) is 1.89. The number of anilines is 1. The number of nitriles is 1. The molecule has 1 aromatic carbocycles. The number of sulfonamides is 1. The maximum atomic E-state index is 12.4. The van der Waals surface area contributed by atoms with Gasteiger partial charge >= 0.3 is 6.01 Å². The van der Waals surface area contributed by atoms with E-state index in [-0.39, 0.29) is 39.5 Å². The zero-order chi connectivity index (χ0) is 23.3. The minimum Gasteiger partial charge on any atom is -0.421 e. The first kappa shape index (κ1) is 23.2. The molecule has 0 aliphatic rings. The van der Waals surface area contributed by atoms with E-state index in [1.54, 1.807) is 31.4 Å². The van der Waals surface area contributed by atoms with Gasteiger partial charge in [-0.3, -0.25) is 9.52 Å². The molecule has 166 valence electrons. The predicted octanol–water partition coefficient (Wildman–Crippen LogP) is 3.70. The van der Waals surface area contributed by atoms with Crippen LogP contribution in [0.3, 0.4) is 0 Å². The summed E-state index contributed by atoms with van der Waals surface area (Å²) < 4.78 is 34.3. The van der Waals surface area contributed by atoms with Crippen molar-refractivity contribution in [1.29, 1.82) is 5.26 Å². The molecule has 0 aliphatic heterocycles. The molecule has 0 atom stereocenters. The van der Waals surface area contributed by atoms with Crippen molar-refractivity contribution in [3.8, 4) is 29.1 Å². The van der Waals surface area contributed by atoms with Crippen LogP contribution in [0.15, 0.2) is 47.4 Å². The van der Waals surface area contributed by atoms with E-state index >= 15 is 0 Å². The van der Waals surface area contributed by atoms with Crippen molar-refractivity contribution >= 4 is 27.4 Å². The van der Waals surface area contributed by atoms with E-state index in [1.807, 2.05) is 13.0 Å². The molecule has 0 unspecified atom stereocenters. The molecule has 2 aromatic heterocycles. The molecule has 32 heavy (non-hydrogen) atoms. The highest BCUT2D eigenvalue weighted by molar-refractivity contribution is 7.92. The quantitative estimate of drug-likeness (QED) is 0.528. The highest BCUT2D eigenvalue weighted by Crippen LogP contribution is 2.32. The van der Waals surface area contributed by atoms with E-state index in [1.165, 1.54) is 22.8 Å². The largest absolute Gasteiger partial charge is 0.421 e. The molecule has 11 heteroatoms. The van der Waals surface area contributed by atoms with Gasteiger partial charge in [0.25, 0.3) is 0 Å². The lowest BCUT2D eigenvalue weighted by Gasteiger charge is -2.12. The number of hydrogen-bond acceptors (Lipinski definition) is 7. The van der Waals surface area contributed by atoms with Gasteiger partial charge in [-0.1, -0.05) is 31.0 Å². The number of nitrogens with zero attached hydrogens (tertiary/aromatic N) is 4. The normalized spacial score (nSPS) is 11.1. The standard InChI is InChI=1S/C21H20ClN5O4S/c1-3-4-10-32(29,30)26-18-11-17(15-8-9-19(28)27(2)13-15)24-21(25-18)31-20-14(12-23)6-5-7-16(20)22/h5-9,11,13H,3-4,10H2,1-2H3,(H,24,25,26). The average Bonchev–Trinajstić information content (AvgIpc) is 2.75. The van der Waals surface area contributed by atoms with Crippen LogP contribution in [0.4, 0.5) is 5.82 Å². The second-order valence-electron chi connectivity index (χ2n) is 6.89. The molecule has 0 radical (unpaired) electrons. The Labute approximate surface area is 190 Å². The third kappa shape index (κ3) is 5.63. The van der Waals surface area contributed by atoms with Gasteiger partial charge in [-0.05, 0) is 24.6 Å². The fraction of sp³-hybridized carbons (Fsp3) is 0.238. The van der Waals surface area contributed by atoms with E-state index in [4.69, 9.17) is 16.3 Å². The number of para-hydroxylation sites is 1. The number of ether oxygens (including phenoxy) is 1. The summed E-state index contributed by atoms with van der Waals surface area (Å²) in [5.41, 5.74) is 0.797. The number of hydrogen-bond donors (Lipinski definition) is 1. The molecule has 3 rings (SSSR count). The van der Waals surface area contributed by atoms with Crippen molar-refractivity contribution < 1.29 is 13.2 Å². The second-order valence-corrected chi connectivity index (χ2v) is 9.14. The van der Waals surface area contributed by atoms with Gasteiger partial charge < -0.3 is 9.30 Å². The number of nitrogens with one attached hydrogen (secondary N) is 1. The van der Waals surface area contributed by atoms with Gasteiger partial charge in [-0.25, -0.2) is 8.42 Å². The molecule has 0 saturated heterocycles. The first-order chi connectivity index (χ1) is 15.2. The second kappa shape index (κ2) is 9.80. The number of pyridine rings is 1. The third-order valence-electron chi connectivity index (χ3n) is 4.39. The molecule has 3 aromatic rings. The van der Waals surface area contributed by atoms with Crippen LogP contribution in [0.2, 0.25) is 5.02 Å². The number of unbranched alkanes of at least 4 members (excludes halogenated alkanes) is 1. The van der Waals surface area contributed by atoms with Crippen molar-refractivity contribution in [2.24, 2.45) is 7.05 Å². The summed E-state index contributed by atoms with van der Waals surface area (Å²) >= 11 is 6.18. The van der Waals surface area contributed by atoms with Crippen LogP contribution in [0.1, 0.15) is 25.3 Å². The van der Waals surface area contributed by atoms with Crippen LogP contribution < -0.4 is 15.0 Å². The van der Waals surface area contributed by atoms with Crippen LogP contribution >= 0.6 is 11.6 Å². The van der Waals surface area contributed by atoms with Gasteiger partial charge in [-0.2, -0.15) is 15.2 Å². The van der Waals surface area contributed by atoms with Crippen molar-refractivity contribution in [2.45, 2.75) is 19.8 Å². The van der Waals surface area contributed by atoms with Gasteiger partial charge in [0.05, 0.1) is 22.0 Å². The van der Waals surface area contributed by atoms with Gasteiger partial charge in [0.15, 0.2) is 5.75 Å². The molecule has 0 saturated carbocycles. The topological polar surface area (TPSA) is 127 Å². The van der Waals surface area contributed by atoms with Gasteiger partial charge in [0, 0.05) is 30.9 Å². The van der Waals surface area contributed by atoms with Crippen LogP contribution in [-0.4, -0.2) is 28.7 Å². The summed E-state index contributed by atoms with van der Waals surface area (Å²) in [5.74, 6) is -0.0308. The number of benzene rings is 1. The lowest BCUT2D eigenvalue weighted by Crippen LogP contribution is -2.18. The highest BCUT2D eigenvalue weighted by atomic mass is 35.5. The summed E-state index contributed by atoms with van der Waals surface area (Å²) in [4.78, 5) is 20.2. The molecule has 0 aliphatic carbocycles. The predicted molar refractivity (Wildman–Crippen MR) is 121 cm³/mol. The minimum atomic E-state index is -3.65. The maximum Gasteiger partial charge on any atom is 0.324 e. The number of rotatable bonds is 8. The van der Waals surface area contributed by atoms with E-state index < -0.39 is 10.0 Å². The summed E-state index contributed by atoms with van der Waals surface area (Å²) in [6, 6.07) is 10.8. The number of halogens is 1. The first-order valence-corrected chi connectivity index (χ1v) is 11.7. The van der Waals surface area contributed by atoms with E-state index in [0.29, 0.717) is 24.1 Å². The maximum absolute atomic E-state index is 12.4. The molecule has 1 N–H and O–H groups in total. The van der Waals surface area contributed by atoms with Crippen LogP contribution in [0.5, 0.6) is 11.8 Å². The molecule has 0 fully saturated rings. The van der Waals surface area contributed by atoms with Crippen LogP contribution in [0.25, 0.3) is 11.3 Å². The van der Waals surface area contributed by atoms with E-state index in [0.717, 1.165) is 0 Å². The Balaban J connectivity index is 2.09. The Morgan fingerprint density at radius 1 is 1.25 bits per heavy atom. The van der Waals surface area contributed by atoms with Crippen molar-refractivity contribution in [3.05, 3.63) is 63.5 Å². The lowest BCUT2D eigenvalue weighted by atomic mass is 10.2. The molecule has 9 nitrogen and oxygen atoms in total. The summed E-state index contributed by atoms with van der Waals surface area (Å²) in [5, 5.41) is 9.52. The zero-order valence-corrected chi connectivity index (χ0v) is 18.9. The van der Waals surface area contributed by atoms with Crippen LogP contribution in [-0.2, 0) is 17.1 Å². The lowest BCUT2D eigenvalue weighted by molar-refractivity contribution is 0.442. The molecule has 0 spiro atoms. The Kier molecular flexibility index (Phi) is 7.12. The third-order valence-corrected chi connectivity index (χ3v) is 6.04. The smallest absolute Gasteiger partial charge is 0.324 e. The fourth-order valence-electron chi connectivity index (χ4n) is 2.75. The molecular formula is C21H20ClN5O4S.